The Morgan fingerprint density at radius 3 is 2.59 bits per heavy atom. The van der Waals surface area contributed by atoms with Crippen molar-refractivity contribution in [1.82, 2.24) is 9.78 Å². The maximum absolute atomic E-state index is 12.8. The van der Waals surface area contributed by atoms with Crippen molar-refractivity contribution in [2.24, 2.45) is 0 Å². The molecule has 8 heteroatoms. The molecule has 3 rings (SSSR count). The van der Waals surface area contributed by atoms with E-state index in [0.717, 1.165) is 11.1 Å². The van der Waals surface area contributed by atoms with E-state index in [1.165, 1.54) is 28.9 Å². The number of aromatic nitrogens is 2. The van der Waals surface area contributed by atoms with Crippen molar-refractivity contribution in [3.63, 3.8) is 0 Å². The Bertz CT molecular complexity index is 1170. The first-order chi connectivity index (χ1) is 13.8. The fraction of sp³-hybridized carbons (Fsp3) is 0.190. The largest absolute Gasteiger partial charge is 0.320 e. The van der Waals surface area contributed by atoms with Crippen LogP contribution in [-0.2, 0) is 6.42 Å². The lowest BCUT2D eigenvalue weighted by atomic mass is 10.1. The molecule has 0 fully saturated rings. The highest BCUT2D eigenvalue weighted by Gasteiger charge is 2.21. The quantitative estimate of drug-likeness (QED) is 0.528. The van der Waals surface area contributed by atoms with Crippen molar-refractivity contribution >= 4 is 17.3 Å². The van der Waals surface area contributed by atoms with Gasteiger partial charge in [0.1, 0.15) is 5.69 Å². The highest BCUT2D eigenvalue weighted by molar-refractivity contribution is 6.03. The Hall–Kier alpha value is -3.81. The van der Waals surface area contributed by atoms with Gasteiger partial charge in [0.25, 0.3) is 11.6 Å². The number of rotatable bonds is 5. The second-order valence-electron chi connectivity index (χ2n) is 6.57. The highest BCUT2D eigenvalue weighted by Crippen LogP contribution is 2.23. The molecule has 0 unspecified atom stereocenters. The normalized spacial score (nSPS) is 10.6. The summed E-state index contributed by atoms with van der Waals surface area (Å²) in [6.45, 7) is 5.43. The van der Waals surface area contributed by atoms with Crippen molar-refractivity contribution in [3.8, 4) is 5.69 Å². The molecule has 2 aromatic carbocycles. The number of anilines is 1. The van der Waals surface area contributed by atoms with Gasteiger partial charge in [-0.15, -0.1) is 0 Å². The summed E-state index contributed by atoms with van der Waals surface area (Å²) in [5, 5.41) is 18.3. The van der Waals surface area contributed by atoms with Gasteiger partial charge in [0.2, 0.25) is 5.43 Å². The Balaban J connectivity index is 2.09. The molecule has 0 spiro atoms. The van der Waals surface area contributed by atoms with E-state index in [1.54, 1.807) is 13.0 Å². The first kappa shape index (κ1) is 19.9. The van der Waals surface area contributed by atoms with Crippen LogP contribution in [0.4, 0.5) is 11.4 Å². The van der Waals surface area contributed by atoms with Crippen LogP contribution in [0.15, 0.2) is 53.3 Å². The van der Waals surface area contributed by atoms with E-state index < -0.39 is 16.3 Å². The van der Waals surface area contributed by atoms with E-state index in [-0.39, 0.29) is 17.1 Å². The molecule has 8 nitrogen and oxygen atoms in total. The fourth-order valence-electron chi connectivity index (χ4n) is 3.12. The first-order valence-corrected chi connectivity index (χ1v) is 9.08. The summed E-state index contributed by atoms with van der Waals surface area (Å²) in [4.78, 5) is 36.1. The van der Waals surface area contributed by atoms with Gasteiger partial charge in [-0.1, -0.05) is 37.3 Å². The number of nitro groups is 1. The number of amides is 1. The lowest BCUT2D eigenvalue weighted by Crippen LogP contribution is -2.27. The molecule has 0 radical (unpaired) electrons. The van der Waals surface area contributed by atoms with E-state index in [9.17, 15) is 19.7 Å². The van der Waals surface area contributed by atoms with Gasteiger partial charge in [-0.3, -0.25) is 19.7 Å². The van der Waals surface area contributed by atoms with Crippen molar-refractivity contribution in [2.45, 2.75) is 27.2 Å². The number of nitrogens with one attached hydrogen (secondary N) is 1. The van der Waals surface area contributed by atoms with Crippen LogP contribution in [0.2, 0.25) is 0 Å². The maximum atomic E-state index is 12.8. The molecule has 0 aliphatic heterocycles. The minimum Gasteiger partial charge on any atom is -0.320 e. The van der Waals surface area contributed by atoms with Gasteiger partial charge in [0.05, 0.1) is 4.92 Å². The van der Waals surface area contributed by atoms with Crippen LogP contribution in [0, 0.1) is 24.0 Å². The number of aryl methyl sites for hydroxylation is 3. The number of nitro benzene ring substituents is 1. The van der Waals surface area contributed by atoms with E-state index >= 15 is 0 Å². The molecule has 1 N–H and O–H groups in total. The summed E-state index contributed by atoms with van der Waals surface area (Å²) in [6.07, 6.45) is 0.707. The van der Waals surface area contributed by atoms with E-state index in [1.807, 2.05) is 32.0 Å². The predicted octanol–water partition coefficient (Wildman–Crippen LogP) is 3.57. The minimum absolute atomic E-state index is 0.175. The number of carbonyl (C=O) groups excluding carboxylic acids is 1. The van der Waals surface area contributed by atoms with E-state index in [4.69, 9.17) is 0 Å². The van der Waals surface area contributed by atoms with E-state index in [2.05, 4.69) is 10.4 Å². The summed E-state index contributed by atoms with van der Waals surface area (Å²) in [5.74, 6) is -0.661. The summed E-state index contributed by atoms with van der Waals surface area (Å²) in [7, 11) is 0. The van der Waals surface area contributed by atoms with Crippen LogP contribution in [0.3, 0.4) is 0 Å². The van der Waals surface area contributed by atoms with Gasteiger partial charge in [-0.25, -0.2) is 4.68 Å². The molecular formula is C21H20N4O4. The van der Waals surface area contributed by atoms with Gasteiger partial charge in [0, 0.05) is 23.5 Å². The molecule has 0 saturated carbocycles. The molecular weight excluding hydrogens is 372 g/mol. The zero-order chi connectivity index (χ0) is 21.1. The fourth-order valence-corrected chi connectivity index (χ4v) is 3.12. The average molecular weight is 392 g/mol. The third kappa shape index (κ3) is 3.91. The van der Waals surface area contributed by atoms with Crippen LogP contribution in [-0.4, -0.2) is 20.6 Å². The van der Waals surface area contributed by atoms with Crippen molar-refractivity contribution < 1.29 is 9.72 Å². The zero-order valence-corrected chi connectivity index (χ0v) is 16.3. The van der Waals surface area contributed by atoms with Crippen molar-refractivity contribution in [3.05, 3.63) is 91.4 Å². The summed E-state index contributed by atoms with van der Waals surface area (Å²) in [6, 6.07) is 12.9. The Morgan fingerprint density at radius 2 is 1.90 bits per heavy atom. The molecule has 0 aliphatic rings. The zero-order valence-electron chi connectivity index (χ0n) is 16.3. The first-order valence-electron chi connectivity index (χ1n) is 9.08. The van der Waals surface area contributed by atoms with E-state index in [0.29, 0.717) is 17.8 Å². The monoisotopic (exact) mass is 392 g/mol. The highest BCUT2D eigenvalue weighted by atomic mass is 16.6. The second kappa shape index (κ2) is 8.05. The molecule has 3 aromatic rings. The van der Waals surface area contributed by atoms with Crippen molar-refractivity contribution in [2.75, 3.05) is 5.32 Å². The number of carbonyl (C=O) groups is 1. The van der Waals surface area contributed by atoms with Gasteiger partial charge in [-0.2, -0.15) is 5.10 Å². The summed E-state index contributed by atoms with van der Waals surface area (Å²) in [5.41, 5.74) is 1.93. The third-order valence-corrected chi connectivity index (χ3v) is 4.61. The third-order valence-electron chi connectivity index (χ3n) is 4.61. The minimum atomic E-state index is -0.661. The van der Waals surface area contributed by atoms with Crippen LogP contribution >= 0.6 is 0 Å². The van der Waals surface area contributed by atoms with Gasteiger partial charge >= 0.3 is 0 Å². The maximum Gasteiger partial charge on any atom is 0.294 e. The van der Waals surface area contributed by atoms with Crippen LogP contribution in [0.1, 0.15) is 34.2 Å². The van der Waals surface area contributed by atoms with Crippen LogP contribution < -0.4 is 10.7 Å². The molecule has 1 heterocycles. The van der Waals surface area contributed by atoms with Gasteiger partial charge < -0.3 is 5.32 Å². The average Bonchev–Trinajstić information content (AvgIpc) is 2.69. The number of para-hydroxylation sites is 3. The smallest absolute Gasteiger partial charge is 0.294 e. The second-order valence-corrected chi connectivity index (χ2v) is 6.57. The standard InChI is InChI=1S/C21H20N4O4/c1-4-15-9-7-8-13(2)19(15)22-21(27)20-18(26)12-14(3)24(23-20)16-10-5-6-11-17(16)25(28)29/h5-12H,4H2,1-3H3,(H,22,27). The lowest BCUT2D eigenvalue weighted by Gasteiger charge is -2.14. The van der Waals surface area contributed by atoms with Crippen LogP contribution in [0.25, 0.3) is 5.69 Å². The molecule has 1 amide bonds. The molecule has 0 atom stereocenters. The number of hydrogen-bond donors (Lipinski definition) is 1. The summed E-state index contributed by atoms with van der Waals surface area (Å²) >= 11 is 0. The molecule has 29 heavy (non-hydrogen) atoms. The summed E-state index contributed by atoms with van der Waals surface area (Å²) < 4.78 is 1.24. The molecule has 0 bridgehead atoms. The van der Waals surface area contributed by atoms with Gasteiger partial charge in [0.15, 0.2) is 5.69 Å². The molecule has 1 aromatic heterocycles. The molecule has 148 valence electrons. The predicted molar refractivity (Wildman–Crippen MR) is 110 cm³/mol. The van der Waals surface area contributed by atoms with Crippen LogP contribution in [0.5, 0.6) is 0 Å². The number of benzene rings is 2. The Morgan fingerprint density at radius 1 is 1.17 bits per heavy atom. The molecule has 0 aliphatic carbocycles. The van der Waals surface area contributed by atoms with Gasteiger partial charge in [-0.05, 0) is 37.5 Å². The Kier molecular flexibility index (Phi) is 5.54. The lowest BCUT2D eigenvalue weighted by molar-refractivity contribution is -0.384. The molecule has 0 saturated heterocycles. The Labute approximate surface area is 167 Å². The number of hydrogen-bond acceptors (Lipinski definition) is 5. The SMILES string of the molecule is CCc1cccc(C)c1NC(=O)c1nn(-c2ccccc2[N+](=O)[O-])c(C)cc1=O. The van der Waals surface area contributed by atoms with Crippen molar-refractivity contribution in [1.29, 1.82) is 0 Å². The number of nitrogens with zero attached hydrogens (tertiary/aromatic N) is 3. The topological polar surface area (TPSA) is 107 Å².